The number of carbonyl (C=O) groups is 2. The van der Waals surface area contributed by atoms with Crippen molar-refractivity contribution in [3.63, 3.8) is 0 Å². The van der Waals surface area contributed by atoms with Crippen molar-refractivity contribution in [2.45, 2.75) is 38.1 Å². The van der Waals surface area contributed by atoms with Gasteiger partial charge in [-0.1, -0.05) is 12.1 Å². The molecule has 0 atom stereocenters. The minimum Gasteiger partial charge on any atom is -0.342 e. The predicted octanol–water partition coefficient (Wildman–Crippen LogP) is 3.93. The van der Waals surface area contributed by atoms with Crippen LogP contribution >= 0.6 is 22.7 Å². The molecule has 1 aromatic carbocycles. The topological polar surface area (TPSA) is 104 Å². The summed E-state index contributed by atoms with van der Waals surface area (Å²) < 4.78 is 0. The highest BCUT2D eigenvalue weighted by atomic mass is 32.1. The Balaban J connectivity index is 1.57. The van der Waals surface area contributed by atoms with E-state index in [1.165, 1.54) is 11.3 Å². The predicted molar refractivity (Wildman–Crippen MR) is 111 cm³/mol. The van der Waals surface area contributed by atoms with Gasteiger partial charge in [0.05, 0.1) is 5.54 Å². The lowest BCUT2D eigenvalue weighted by atomic mass is 9.93. The third-order valence-electron chi connectivity index (χ3n) is 4.83. The summed E-state index contributed by atoms with van der Waals surface area (Å²) in [6.07, 6.45) is 3.90. The molecular weight excluding hydrogens is 408 g/mol. The number of thiazole rings is 2. The molecule has 3 aromatic rings. The van der Waals surface area contributed by atoms with Gasteiger partial charge in [-0.15, -0.1) is 22.7 Å². The monoisotopic (exact) mass is 428 g/mol. The molecule has 2 heterocycles. The van der Waals surface area contributed by atoms with Crippen LogP contribution in [0.3, 0.4) is 0 Å². The van der Waals surface area contributed by atoms with Gasteiger partial charge in [-0.2, -0.15) is 0 Å². The number of hydrogen-bond donors (Lipinski definition) is 3. The largest absolute Gasteiger partial charge is 0.342 e. The van der Waals surface area contributed by atoms with Gasteiger partial charge in [0.15, 0.2) is 10.0 Å². The van der Waals surface area contributed by atoms with Gasteiger partial charge >= 0.3 is 0 Å². The number of nitrogens with one attached hydrogen (secondary N) is 2. The van der Waals surface area contributed by atoms with Crippen molar-refractivity contribution in [2.75, 3.05) is 0 Å². The zero-order valence-corrected chi connectivity index (χ0v) is 17.6. The molecule has 4 rings (SSSR count). The van der Waals surface area contributed by atoms with Crippen LogP contribution in [0.15, 0.2) is 35.8 Å². The molecule has 0 radical (unpaired) electrons. The zero-order valence-electron chi connectivity index (χ0n) is 15.9. The number of hydroxylamine groups is 1. The number of amides is 2. The van der Waals surface area contributed by atoms with Crippen LogP contribution in [-0.2, 0) is 5.54 Å². The second-order valence-corrected chi connectivity index (χ2v) is 9.37. The first kappa shape index (κ1) is 19.7. The Morgan fingerprint density at radius 3 is 2.45 bits per heavy atom. The molecule has 0 saturated heterocycles. The van der Waals surface area contributed by atoms with E-state index in [1.54, 1.807) is 47.3 Å². The minimum absolute atomic E-state index is 0.215. The molecule has 0 spiro atoms. The number of nitrogens with zero attached hydrogens (tertiary/aromatic N) is 2. The Hall–Kier alpha value is -2.62. The van der Waals surface area contributed by atoms with Crippen LogP contribution in [0.2, 0.25) is 0 Å². The average Bonchev–Trinajstić information content (AvgIpc) is 3.23. The van der Waals surface area contributed by atoms with Crippen LogP contribution in [0, 0.1) is 0 Å². The second-order valence-electron chi connectivity index (χ2n) is 7.44. The molecule has 1 aliphatic carbocycles. The minimum atomic E-state index is -0.670. The number of hydrogen-bond acceptors (Lipinski definition) is 7. The normalized spacial score (nSPS) is 13.9. The van der Waals surface area contributed by atoms with E-state index in [9.17, 15) is 9.59 Å². The van der Waals surface area contributed by atoms with Crippen molar-refractivity contribution >= 4 is 34.5 Å². The van der Waals surface area contributed by atoms with Crippen molar-refractivity contribution in [1.82, 2.24) is 20.8 Å². The van der Waals surface area contributed by atoms with Gasteiger partial charge in [0.2, 0.25) is 0 Å². The third kappa shape index (κ3) is 4.07. The zero-order chi connectivity index (χ0) is 20.6. The van der Waals surface area contributed by atoms with Crippen molar-refractivity contribution in [3.05, 3.63) is 57.5 Å². The number of rotatable bonds is 6. The summed E-state index contributed by atoms with van der Waals surface area (Å²) in [5.74, 6) is -0.390. The molecule has 150 valence electrons. The Morgan fingerprint density at radius 2 is 1.86 bits per heavy atom. The van der Waals surface area contributed by atoms with Crippen molar-refractivity contribution in [1.29, 1.82) is 0 Å². The second kappa shape index (κ2) is 7.66. The summed E-state index contributed by atoms with van der Waals surface area (Å²) in [5, 5.41) is 15.3. The fourth-order valence-electron chi connectivity index (χ4n) is 3.06. The standard InChI is InChI=1S/C20H20N4O3S2/c1-20(2,13-7-5-12(6-8-13)16(25)24-27)23-17(26)14-15(11-3-4-11)29-19(22-14)18-21-9-10-28-18/h5-11,27H,3-4H2,1-2H3,(H,23,26)(H,24,25). The summed E-state index contributed by atoms with van der Waals surface area (Å²) in [6.45, 7) is 3.80. The molecule has 1 aliphatic rings. The first-order chi connectivity index (χ1) is 13.9. The van der Waals surface area contributed by atoms with E-state index >= 15 is 0 Å². The van der Waals surface area contributed by atoms with Gasteiger partial charge in [-0.3, -0.25) is 14.8 Å². The Morgan fingerprint density at radius 1 is 1.14 bits per heavy atom. The van der Waals surface area contributed by atoms with E-state index < -0.39 is 11.4 Å². The first-order valence-electron chi connectivity index (χ1n) is 9.17. The molecule has 1 fully saturated rings. The van der Waals surface area contributed by atoms with Gasteiger partial charge in [-0.25, -0.2) is 15.4 Å². The summed E-state index contributed by atoms with van der Waals surface area (Å²) in [7, 11) is 0. The van der Waals surface area contributed by atoms with Crippen LogP contribution < -0.4 is 10.8 Å². The molecule has 0 aliphatic heterocycles. The summed E-state index contributed by atoms with van der Waals surface area (Å²) in [4.78, 5) is 34.6. The Kier molecular flexibility index (Phi) is 5.20. The van der Waals surface area contributed by atoms with E-state index in [2.05, 4.69) is 15.3 Å². The van der Waals surface area contributed by atoms with Crippen LogP contribution in [0.1, 0.15) is 63.9 Å². The highest BCUT2D eigenvalue weighted by molar-refractivity contribution is 7.20. The summed E-state index contributed by atoms with van der Waals surface area (Å²) >= 11 is 3.07. The summed E-state index contributed by atoms with van der Waals surface area (Å²) in [6, 6.07) is 6.73. The maximum atomic E-state index is 13.1. The van der Waals surface area contributed by atoms with Crippen molar-refractivity contribution in [3.8, 4) is 10.0 Å². The average molecular weight is 429 g/mol. The van der Waals surface area contributed by atoms with Crippen LogP contribution in [-0.4, -0.2) is 27.0 Å². The van der Waals surface area contributed by atoms with Crippen LogP contribution in [0.4, 0.5) is 0 Å². The van der Waals surface area contributed by atoms with Gasteiger partial charge in [-0.05, 0) is 50.3 Å². The Bertz CT molecular complexity index is 1040. The smallest absolute Gasteiger partial charge is 0.274 e. The fraction of sp³-hybridized carbons (Fsp3) is 0.300. The molecule has 7 nitrogen and oxygen atoms in total. The SMILES string of the molecule is CC(C)(NC(=O)c1nc(-c2nccs2)sc1C1CC1)c1ccc(C(=O)NO)cc1. The van der Waals surface area contributed by atoms with E-state index in [0.29, 0.717) is 17.2 Å². The lowest BCUT2D eigenvalue weighted by Gasteiger charge is -2.27. The maximum Gasteiger partial charge on any atom is 0.274 e. The van der Waals surface area contributed by atoms with Crippen LogP contribution in [0.5, 0.6) is 0 Å². The number of carbonyl (C=O) groups excluding carboxylic acids is 2. The van der Waals surface area contributed by atoms with Crippen LogP contribution in [0.25, 0.3) is 10.0 Å². The van der Waals surface area contributed by atoms with E-state index in [0.717, 1.165) is 33.3 Å². The quantitative estimate of drug-likeness (QED) is 0.408. The molecule has 2 aromatic heterocycles. The Labute approximate surface area is 175 Å². The van der Waals surface area contributed by atoms with Gasteiger partial charge < -0.3 is 5.32 Å². The fourth-order valence-corrected chi connectivity index (χ4v) is 4.97. The van der Waals surface area contributed by atoms with Gasteiger partial charge in [0.25, 0.3) is 11.8 Å². The maximum absolute atomic E-state index is 13.1. The summed E-state index contributed by atoms with van der Waals surface area (Å²) in [5.41, 5.74) is 2.59. The molecular formula is C20H20N4O3S2. The van der Waals surface area contributed by atoms with E-state index in [4.69, 9.17) is 5.21 Å². The van der Waals surface area contributed by atoms with E-state index in [1.807, 2.05) is 19.2 Å². The molecule has 3 N–H and O–H groups in total. The first-order valence-corrected chi connectivity index (χ1v) is 10.9. The molecule has 29 heavy (non-hydrogen) atoms. The van der Waals surface area contributed by atoms with Crippen molar-refractivity contribution in [2.24, 2.45) is 0 Å². The highest BCUT2D eigenvalue weighted by Gasteiger charge is 2.34. The highest BCUT2D eigenvalue weighted by Crippen LogP contribution is 2.46. The third-order valence-corrected chi connectivity index (χ3v) is 6.96. The molecule has 1 saturated carbocycles. The molecule has 0 unspecified atom stereocenters. The lowest BCUT2D eigenvalue weighted by Crippen LogP contribution is -2.41. The molecule has 2 amide bonds. The lowest BCUT2D eigenvalue weighted by molar-refractivity contribution is 0.0706. The number of benzene rings is 1. The van der Waals surface area contributed by atoms with Gasteiger partial charge in [0, 0.05) is 22.0 Å². The van der Waals surface area contributed by atoms with Crippen molar-refractivity contribution < 1.29 is 14.8 Å². The molecule has 9 heteroatoms. The van der Waals surface area contributed by atoms with Gasteiger partial charge in [0.1, 0.15) is 5.69 Å². The molecule has 0 bridgehead atoms. The number of aromatic nitrogens is 2. The van der Waals surface area contributed by atoms with E-state index in [-0.39, 0.29) is 5.91 Å².